The minimum Gasteiger partial charge on any atom is -0.461 e. The first kappa shape index (κ1) is 33.7. The zero-order valence-corrected chi connectivity index (χ0v) is 27.2. The monoisotopic (exact) mass is 602 g/mol. The van der Waals surface area contributed by atoms with Gasteiger partial charge in [0.25, 0.3) is 0 Å². The van der Waals surface area contributed by atoms with Crippen molar-refractivity contribution in [3.8, 4) is 0 Å². The molecule has 3 atom stereocenters. The van der Waals surface area contributed by atoms with Gasteiger partial charge in [0.15, 0.2) is 11.9 Å². The summed E-state index contributed by atoms with van der Waals surface area (Å²) in [5, 5.41) is 22.0. The number of hydrogen-bond acceptors (Lipinski definition) is 6. The number of cyclic esters (lactones) is 1. The van der Waals surface area contributed by atoms with Crippen LogP contribution in [0.3, 0.4) is 0 Å². The van der Waals surface area contributed by atoms with Crippen LogP contribution in [0, 0.1) is 30.6 Å². The molecular formula is C38H50O6. The number of esters is 1. The molecule has 1 saturated heterocycles. The van der Waals surface area contributed by atoms with Crippen LogP contribution in [0.2, 0.25) is 0 Å². The van der Waals surface area contributed by atoms with Crippen LogP contribution in [0.5, 0.6) is 0 Å². The molecule has 0 amide bonds. The number of allylic oxidation sites excluding steroid dienone is 1. The van der Waals surface area contributed by atoms with Gasteiger partial charge in [-0.1, -0.05) is 88.7 Å². The Kier molecular flexibility index (Phi) is 11.6. The van der Waals surface area contributed by atoms with E-state index in [0.29, 0.717) is 29.7 Å². The van der Waals surface area contributed by atoms with Gasteiger partial charge >= 0.3 is 5.97 Å². The van der Waals surface area contributed by atoms with Gasteiger partial charge in [-0.15, -0.1) is 0 Å². The predicted molar refractivity (Wildman–Crippen MR) is 177 cm³/mol. The van der Waals surface area contributed by atoms with E-state index in [0.717, 1.165) is 47.1 Å². The van der Waals surface area contributed by atoms with E-state index in [9.17, 15) is 15.0 Å². The van der Waals surface area contributed by atoms with Crippen LogP contribution in [0.1, 0.15) is 82.8 Å². The molecule has 238 valence electrons. The second-order valence-electron chi connectivity index (χ2n) is 13.6. The quantitative estimate of drug-likeness (QED) is 0.0790. The molecule has 2 heterocycles. The number of ether oxygens (including phenoxy) is 2. The molecule has 0 spiro atoms. The first-order chi connectivity index (χ1) is 20.9. The Labute approximate surface area is 262 Å². The third kappa shape index (κ3) is 9.40. The Morgan fingerprint density at radius 2 is 1.61 bits per heavy atom. The Morgan fingerprint density at radius 1 is 0.955 bits per heavy atom. The number of aryl methyl sites for hydroxylation is 1. The second-order valence-corrected chi connectivity index (χ2v) is 13.6. The molecule has 0 aliphatic carbocycles. The SMILES string of the molecule is Cc1ccc(C=Cc2ccc3oc(C[C@@H](C)C(O)OC[C@]4(CO)C/C(=C\CC(CC(C)C)CC(C)C)C(=O)O4)cc3c2)cc1. The van der Waals surface area contributed by atoms with Gasteiger partial charge in [0.1, 0.15) is 11.3 Å². The molecule has 1 unspecified atom stereocenters. The van der Waals surface area contributed by atoms with Gasteiger partial charge in [0.2, 0.25) is 0 Å². The van der Waals surface area contributed by atoms with Crippen LogP contribution in [-0.4, -0.2) is 41.3 Å². The van der Waals surface area contributed by atoms with E-state index < -0.39 is 17.9 Å². The number of rotatable bonds is 15. The largest absolute Gasteiger partial charge is 0.461 e. The lowest BCUT2D eigenvalue weighted by Gasteiger charge is -2.27. The number of aliphatic hydroxyl groups excluding tert-OH is 2. The first-order valence-corrected chi connectivity index (χ1v) is 16.1. The minimum atomic E-state index is -1.18. The molecule has 1 aromatic heterocycles. The molecule has 0 bridgehead atoms. The minimum absolute atomic E-state index is 0.0870. The molecule has 1 fully saturated rings. The van der Waals surface area contributed by atoms with Gasteiger partial charge in [-0.3, -0.25) is 0 Å². The second kappa shape index (κ2) is 15.2. The Bertz CT molecular complexity index is 1420. The molecule has 6 heteroatoms. The van der Waals surface area contributed by atoms with E-state index in [4.69, 9.17) is 13.9 Å². The normalized spacial score (nSPS) is 19.7. The molecule has 0 saturated carbocycles. The maximum atomic E-state index is 12.7. The summed E-state index contributed by atoms with van der Waals surface area (Å²) in [4.78, 5) is 12.7. The van der Waals surface area contributed by atoms with Crippen molar-refractivity contribution in [3.05, 3.63) is 82.6 Å². The lowest BCUT2D eigenvalue weighted by molar-refractivity contribution is -0.187. The van der Waals surface area contributed by atoms with Gasteiger partial charge in [-0.05, 0) is 73.3 Å². The summed E-state index contributed by atoms with van der Waals surface area (Å²) in [5.41, 5.74) is 3.64. The number of carbonyl (C=O) groups excluding carboxylic acids is 1. The van der Waals surface area contributed by atoms with E-state index in [2.05, 4.69) is 77.1 Å². The van der Waals surface area contributed by atoms with E-state index in [1.165, 1.54) is 5.56 Å². The molecular weight excluding hydrogens is 552 g/mol. The predicted octanol–water partition coefficient (Wildman–Crippen LogP) is 8.13. The van der Waals surface area contributed by atoms with Crippen LogP contribution < -0.4 is 0 Å². The molecule has 3 aromatic rings. The van der Waals surface area contributed by atoms with Gasteiger partial charge in [0.05, 0.1) is 13.2 Å². The fourth-order valence-corrected chi connectivity index (χ4v) is 6.03. The number of furan rings is 1. The summed E-state index contributed by atoms with van der Waals surface area (Å²) >= 11 is 0. The number of carbonyl (C=O) groups is 1. The zero-order chi connectivity index (χ0) is 31.9. The fraction of sp³-hybridized carbons (Fsp3) is 0.500. The summed E-state index contributed by atoms with van der Waals surface area (Å²) < 4.78 is 17.5. The lowest BCUT2D eigenvalue weighted by Crippen LogP contribution is -2.41. The van der Waals surface area contributed by atoms with Crippen LogP contribution in [0.25, 0.3) is 23.1 Å². The van der Waals surface area contributed by atoms with E-state index in [1.807, 2.05) is 31.2 Å². The maximum Gasteiger partial charge on any atom is 0.334 e. The van der Waals surface area contributed by atoms with Crippen LogP contribution in [-0.2, 0) is 20.7 Å². The van der Waals surface area contributed by atoms with E-state index in [1.54, 1.807) is 0 Å². The van der Waals surface area contributed by atoms with Gasteiger partial charge in [0, 0.05) is 29.7 Å². The third-order valence-electron chi connectivity index (χ3n) is 8.34. The third-order valence-corrected chi connectivity index (χ3v) is 8.34. The Balaban J connectivity index is 1.33. The Morgan fingerprint density at radius 3 is 2.27 bits per heavy atom. The number of fused-ring (bicyclic) bond motifs is 1. The molecule has 4 rings (SSSR count). The van der Waals surface area contributed by atoms with Gasteiger partial charge in [-0.25, -0.2) is 4.79 Å². The van der Waals surface area contributed by atoms with Crippen LogP contribution >= 0.6 is 0 Å². The van der Waals surface area contributed by atoms with Gasteiger partial charge in [-0.2, -0.15) is 0 Å². The summed E-state index contributed by atoms with van der Waals surface area (Å²) in [6.45, 7) is 12.4. The van der Waals surface area contributed by atoms with Crippen molar-refractivity contribution in [3.63, 3.8) is 0 Å². The van der Waals surface area contributed by atoms with Gasteiger partial charge < -0.3 is 24.1 Å². The van der Waals surface area contributed by atoms with Crippen molar-refractivity contribution in [2.75, 3.05) is 13.2 Å². The zero-order valence-electron chi connectivity index (χ0n) is 27.2. The molecule has 2 N–H and O–H groups in total. The Hall–Kier alpha value is -3.19. The fourth-order valence-electron chi connectivity index (χ4n) is 6.03. The lowest BCUT2D eigenvalue weighted by atomic mass is 9.86. The molecule has 1 aliphatic heterocycles. The molecule has 1 aliphatic rings. The summed E-state index contributed by atoms with van der Waals surface area (Å²) in [5.74, 6) is 1.73. The molecule has 6 nitrogen and oxygen atoms in total. The van der Waals surface area contributed by atoms with Crippen molar-refractivity contribution in [1.82, 2.24) is 0 Å². The van der Waals surface area contributed by atoms with Crippen molar-refractivity contribution in [1.29, 1.82) is 0 Å². The van der Waals surface area contributed by atoms with E-state index in [-0.39, 0.29) is 25.6 Å². The average Bonchev–Trinajstić information content (AvgIpc) is 3.53. The van der Waals surface area contributed by atoms with Crippen LogP contribution in [0.4, 0.5) is 0 Å². The summed E-state index contributed by atoms with van der Waals surface area (Å²) in [6, 6.07) is 16.5. The highest BCUT2D eigenvalue weighted by atomic mass is 16.6. The van der Waals surface area contributed by atoms with Crippen molar-refractivity contribution >= 4 is 29.1 Å². The average molecular weight is 603 g/mol. The molecule has 2 aromatic carbocycles. The van der Waals surface area contributed by atoms with Crippen molar-refractivity contribution in [2.24, 2.45) is 23.7 Å². The molecule has 44 heavy (non-hydrogen) atoms. The number of aliphatic hydroxyl groups is 2. The first-order valence-electron chi connectivity index (χ1n) is 16.1. The van der Waals surface area contributed by atoms with Crippen molar-refractivity contribution < 1.29 is 28.9 Å². The highest BCUT2D eigenvalue weighted by Crippen LogP contribution is 2.34. The standard InChI is InChI=1S/C38H50O6/c1-25(2)17-31(18-26(3)4)13-15-32-22-38(23-39,44-37(32)41)24-42-36(40)28(6)19-34-21-33-20-30(14-16-35(33)43-34)12-11-29-9-7-27(5)8-10-29/h7-12,14-16,20-21,25-26,28,31,36,39-40H,13,17-19,22-24H2,1-6H3/b12-11?,32-15+/t28-,36?,38-/m1/s1. The van der Waals surface area contributed by atoms with Crippen LogP contribution in [0.15, 0.2) is 64.6 Å². The van der Waals surface area contributed by atoms with Crippen molar-refractivity contribution in [2.45, 2.75) is 85.5 Å². The highest BCUT2D eigenvalue weighted by molar-refractivity contribution is 5.91. The van der Waals surface area contributed by atoms with E-state index >= 15 is 0 Å². The topological polar surface area (TPSA) is 89.1 Å². The highest BCUT2D eigenvalue weighted by Gasteiger charge is 2.44. The number of hydrogen-bond donors (Lipinski definition) is 2. The number of benzene rings is 2. The maximum absolute atomic E-state index is 12.7. The summed E-state index contributed by atoms with van der Waals surface area (Å²) in [7, 11) is 0. The molecule has 0 radical (unpaired) electrons. The summed E-state index contributed by atoms with van der Waals surface area (Å²) in [6.07, 6.45) is 8.79. The smallest absolute Gasteiger partial charge is 0.334 e.